The maximum absolute atomic E-state index is 12.6. The average molecular weight is 349 g/mol. The van der Waals surface area contributed by atoms with Crippen LogP contribution in [0.1, 0.15) is 48.5 Å². The third-order valence-corrected chi connectivity index (χ3v) is 3.36. The lowest BCUT2D eigenvalue weighted by Gasteiger charge is -2.19. The summed E-state index contributed by atoms with van der Waals surface area (Å²) >= 11 is 0. The second-order valence-corrected chi connectivity index (χ2v) is 6.33. The molecule has 2 aromatic heterocycles. The smallest absolute Gasteiger partial charge is 0.355 e. The molecule has 2 aromatic rings. The van der Waals surface area contributed by atoms with Crippen molar-refractivity contribution in [1.82, 2.24) is 4.40 Å². The van der Waals surface area contributed by atoms with E-state index in [0.717, 1.165) is 0 Å². The van der Waals surface area contributed by atoms with Gasteiger partial charge in [0.1, 0.15) is 28.3 Å². The van der Waals surface area contributed by atoms with Crippen molar-refractivity contribution >= 4 is 17.5 Å². The molecule has 2 rings (SSSR count). The minimum Gasteiger partial charge on any atom is -0.495 e. The van der Waals surface area contributed by atoms with Gasteiger partial charge in [-0.15, -0.1) is 0 Å². The molecule has 0 unspecified atom stereocenters. The maximum atomic E-state index is 12.6. The van der Waals surface area contributed by atoms with Crippen molar-refractivity contribution in [2.75, 3.05) is 20.8 Å². The highest BCUT2D eigenvalue weighted by Crippen LogP contribution is 2.32. The third-order valence-electron chi connectivity index (χ3n) is 3.36. The van der Waals surface area contributed by atoms with Gasteiger partial charge in [-0.25, -0.2) is 9.59 Å². The van der Waals surface area contributed by atoms with E-state index in [0.29, 0.717) is 17.0 Å². The molecule has 0 bridgehead atoms. The van der Waals surface area contributed by atoms with Crippen LogP contribution in [0.5, 0.6) is 11.5 Å². The summed E-state index contributed by atoms with van der Waals surface area (Å²) in [5.74, 6) is -0.246. The number of hydrogen-bond acceptors (Lipinski definition) is 6. The molecule has 0 radical (unpaired) electrons. The first-order chi connectivity index (χ1) is 11.7. The van der Waals surface area contributed by atoms with Gasteiger partial charge in [-0.1, -0.05) is 0 Å². The average Bonchev–Trinajstić information content (AvgIpc) is 2.92. The van der Waals surface area contributed by atoms with Gasteiger partial charge in [0.2, 0.25) is 0 Å². The highest BCUT2D eigenvalue weighted by molar-refractivity contribution is 6.03. The van der Waals surface area contributed by atoms with Crippen molar-refractivity contribution in [3.8, 4) is 11.5 Å². The molecule has 0 aromatic carbocycles. The highest BCUT2D eigenvalue weighted by Gasteiger charge is 2.27. The number of nitrogens with zero attached hydrogens (tertiary/aromatic N) is 1. The van der Waals surface area contributed by atoms with Gasteiger partial charge < -0.3 is 23.3 Å². The zero-order valence-corrected chi connectivity index (χ0v) is 15.3. The summed E-state index contributed by atoms with van der Waals surface area (Å²) in [5, 5.41) is 0. The van der Waals surface area contributed by atoms with Crippen molar-refractivity contribution in [1.29, 1.82) is 0 Å². The van der Waals surface area contributed by atoms with Gasteiger partial charge in [0.25, 0.3) is 0 Å². The molecular weight excluding hydrogens is 326 g/mol. The first kappa shape index (κ1) is 18.6. The number of fused-ring (bicyclic) bond motifs is 1. The number of hydrogen-bond donors (Lipinski definition) is 0. The van der Waals surface area contributed by atoms with E-state index in [4.69, 9.17) is 18.9 Å². The van der Waals surface area contributed by atoms with Crippen molar-refractivity contribution in [3.63, 3.8) is 0 Å². The summed E-state index contributed by atoms with van der Waals surface area (Å²) in [4.78, 5) is 24.9. The van der Waals surface area contributed by atoms with Crippen LogP contribution in [0.4, 0.5) is 0 Å². The van der Waals surface area contributed by atoms with Crippen LogP contribution in [-0.2, 0) is 9.47 Å². The van der Waals surface area contributed by atoms with Gasteiger partial charge in [0.05, 0.1) is 32.6 Å². The Morgan fingerprint density at radius 3 is 2.28 bits per heavy atom. The fourth-order valence-corrected chi connectivity index (χ4v) is 2.39. The SMILES string of the molecule is CCOC(=O)c1cc(C(=O)OC(C)(C)C)n2cc(OC)cc(OC)c12. The number of rotatable bonds is 5. The van der Waals surface area contributed by atoms with Gasteiger partial charge in [0.15, 0.2) is 0 Å². The van der Waals surface area contributed by atoms with Gasteiger partial charge in [-0.05, 0) is 33.8 Å². The first-order valence-corrected chi connectivity index (χ1v) is 7.89. The molecule has 0 amide bonds. The summed E-state index contributed by atoms with van der Waals surface area (Å²) in [7, 11) is 2.98. The normalized spacial score (nSPS) is 11.3. The Kier molecular flexibility index (Phi) is 5.25. The molecule has 0 aliphatic rings. The van der Waals surface area contributed by atoms with Crippen LogP contribution in [-0.4, -0.2) is 42.8 Å². The van der Waals surface area contributed by atoms with Gasteiger partial charge in [-0.3, -0.25) is 0 Å². The lowest BCUT2D eigenvalue weighted by molar-refractivity contribution is 0.00618. The molecule has 0 N–H and O–H groups in total. The molecule has 0 saturated heterocycles. The summed E-state index contributed by atoms with van der Waals surface area (Å²) in [6, 6.07) is 3.08. The monoisotopic (exact) mass is 349 g/mol. The first-order valence-electron chi connectivity index (χ1n) is 7.89. The predicted molar refractivity (Wildman–Crippen MR) is 91.6 cm³/mol. The summed E-state index contributed by atoms with van der Waals surface area (Å²) in [5.41, 5.74) is 0.156. The number of carbonyl (C=O) groups excluding carboxylic acids is 2. The van der Waals surface area contributed by atoms with Gasteiger partial charge in [-0.2, -0.15) is 0 Å². The summed E-state index contributed by atoms with van der Waals surface area (Å²) in [6.45, 7) is 7.25. The Hall–Kier alpha value is -2.70. The van der Waals surface area contributed by atoms with Crippen LogP contribution < -0.4 is 9.47 Å². The minimum absolute atomic E-state index is 0.185. The molecule has 2 heterocycles. The molecule has 0 aliphatic heterocycles. The third kappa shape index (κ3) is 3.87. The zero-order valence-electron chi connectivity index (χ0n) is 15.3. The highest BCUT2D eigenvalue weighted by atomic mass is 16.6. The van der Waals surface area contributed by atoms with E-state index in [1.54, 1.807) is 40.0 Å². The van der Waals surface area contributed by atoms with E-state index in [2.05, 4.69) is 0 Å². The Labute approximate surface area is 146 Å². The number of ether oxygens (including phenoxy) is 4. The van der Waals surface area contributed by atoms with Gasteiger partial charge >= 0.3 is 11.9 Å². The van der Waals surface area contributed by atoms with Crippen molar-refractivity contribution in [2.24, 2.45) is 0 Å². The Morgan fingerprint density at radius 1 is 1.08 bits per heavy atom. The van der Waals surface area contributed by atoms with E-state index in [9.17, 15) is 9.59 Å². The topological polar surface area (TPSA) is 75.5 Å². The van der Waals surface area contributed by atoms with E-state index >= 15 is 0 Å². The summed E-state index contributed by atoms with van der Waals surface area (Å²) < 4.78 is 22.7. The van der Waals surface area contributed by atoms with E-state index in [1.165, 1.54) is 24.7 Å². The zero-order chi connectivity index (χ0) is 18.8. The second kappa shape index (κ2) is 7.04. The molecule has 7 nitrogen and oxygen atoms in total. The van der Waals surface area contributed by atoms with Crippen LogP contribution in [0.25, 0.3) is 5.52 Å². The van der Waals surface area contributed by atoms with Crippen LogP contribution >= 0.6 is 0 Å². The van der Waals surface area contributed by atoms with E-state index < -0.39 is 17.5 Å². The van der Waals surface area contributed by atoms with Crippen LogP contribution in [0.3, 0.4) is 0 Å². The lowest BCUT2D eigenvalue weighted by Crippen LogP contribution is -2.24. The van der Waals surface area contributed by atoms with Crippen molar-refractivity contribution in [3.05, 3.63) is 29.6 Å². The van der Waals surface area contributed by atoms with Crippen LogP contribution in [0.2, 0.25) is 0 Å². The maximum Gasteiger partial charge on any atom is 0.355 e. The second-order valence-electron chi connectivity index (χ2n) is 6.33. The standard InChI is InChI=1S/C18H23NO6/c1-7-24-16(20)12-9-13(17(21)25-18(2,3)4)19-10-11(22-5)8-14(23-6)15(12)19/h8-10H,7H2,1-6H3. The Balaban J connectivity index is 2.73. The molecule has 0 spiro atoms. The van der Waals surface area contributed by atoms with Crippen molar-refractivity contribution in [2.45, 2.75) is 33.3 Å². The predicted octanol–water partition coefficient (Wildman–Crippen LogP) is 3.09. The van der Waals surface area contributed by atoms with Crippen molar-refractivity contribution < 1.29 is 28.5 Å². The molecular formula is C18H23NO6. The minimum atomic E-state index is -0.672. The fraction of sp³-hybridized carbons (Fsp3) is 0.444. The molecule has 136 valence electrons. The fourth-order valence-electron chi connectivity index (χ4n) is 2.39. The molecule has 0 saturated carbocycles. The Morgan fingerprint density at radius 2 is 1.76 bits per heavy atom. The number of methoxy groups -OCH3 is 2. The number of carbonyl (C=O) groups is 2. The van der Waals surface area contributed by atoms with Crippen LogP contribution in [0, 0.1) is 0 Å². The Bertz CT molecular complexity index is 800. The van der Waals surface area contributed by atoms with E-state index in [-0.39, 0.29) is 17.9 Å². The van der Waals surface area contributed by atoms with Gasteiger partial charge in [0, 0.05) is 6.07 Å². The molecule has 7 heteroatoms. The number of esters is 2. The molecule has 25 heavy (non-hydrogen) atoms. The molecule has 0 atom stereocenters. The lowest BCUT2D eigenvalue weighted by atomic mass is 10.2. The molecule has 0 fully saturated rings. The molecule has 0 aliphatic carbocycles. The quantitative estimate of drug-likeness (QED) is 0.772. The van der Waals surface area contributed by atoms with Crippen LogP contribution in [0.15, 0.2) is 18.3 Å². The largest absolute Gasteiger partial charge is 0.495 e. The number of aromatic nitrogens is 1. The van der Waals surface area contributed by atoms with E-state index in [1.807, 2.05) is 0 Å². The summed E-state index contributed by atoms with van der Waals surface area (Å²) in [6.07, 6.45) is 1.60. The number of pyridine rings is 1.